The van der Waals surface area contributed by atoms with Crippen molar-refractivity contribution in [2.45, 2.75) is 19.4 Å². The zero-order chi connectivity index (χ0) is 16.7. The summed E-state index contributed by atoms with van der Waals surface area (Å²) in [5.74, 6) is -0.251. The Bertz CT molecular complexity index is 896. The highest BCUT2D eigenvalue weighted by Crippen LogP contribution is 2.45. The number of benzene rings is 1. The second-order valence-electron chi connectivity index (χ2n) is 6.21. The molecule has 1 aromatic rings. The summed E-state index contributed by atoms with van der Waals surface area (Å²) in [5.41, 5.74) is 7.31. The van der Waals surface area contributed by atoms with Crippen molar-refractivity contribution in [1.82, 2.24) is 0 Å². The van der Waals surface area contributed by atoms with Crippen molar-refractivity contribution in [2.24, 2.45) is 4.99 Å². The molecule has 0 saturated carbocycles. The van der Waals surface area contributed by atoms with Crippen LogP contribution in [-0.2, 0) is 0 Å². The van der Waals surface area contributed by atoms with Crippen LogP contribution >= 0.6 is 0 Å². The highest BCUT2D eigenvalue weighted by molar-refractivity contribution is 6.08. The molecular weight excluding hydrogens is 301 g/mol. The number of allylic oxidation sites excluding steroid dienone is 6. The van der Waals surface area contributed by atoms with E-state index in [0.717, 1.165) is 39.0 Å². The topological polar surface area (TPSA) is 32.6 Å². The third-order valence-electron chi connectivity index (χ3n) is 4.79. The van der Waals surface area contributed by atoms with E-state index in [1.54, 1.807) is 6.07 Å². The molecule has 1 aromatic carbocycles. The van der Waals surface area contributed by atoms with E-state index in [1.165, 1.54) is 6.07 Å². The van der Waals surface area contributed by atoms with Gasteiger partial charge in [0, 0.05) is 18.4 Å². The lowest BCUT2D eigenvalue weighted by atomic mass is 9.92. The normalized spacial score (nSPS) is 24.3. The lowest BCUT2D eigenvalue weighted by Crippen LogP contribution is -2.11. The summed E-state index contributed by atoms with van der Waals surface area (Å²) in [6.07, 6.45) is 12.8. The number of dihydropyridines is 1. The van der Waals surface area contributed by atoms with Crippen LogP contribution in [0.4, 0.5) is 4.39 Å². The quantitative estimate of drug-likeness (QED) is 0.868. The Morgan fingerprint density at radius 1 is 1.21 bits per heavy atom. The van der Waals surface area contributed by atoms with E-state index in [1.807, 2.05) is 31.4 Å². The molecule has 2 nitrogen and oxygen atoms in total. The predicted molar refractivity (Wildman–Crippen MR) is 96.3 cm³/mol. The maximum Gasteiger partial charge on any atom is 0.123 e. The predicted octanol–water partition coefficient (Wildman–Crippen LogP) is 4.25. The lowest BCUT2D eigenvalue weighted by molar-refractivity contribution is 0.305. The summed E-state index contributed by atoms with van der Waals surface area (Å²) in [7, 11) is 0. The average Bonchev–Trinajstić information content (AvgIpc) is 2.86. The van der Waals surface area contributed by atoms with Crippen LogP contribution in [0.5, 0.6) is 0 Å². The summed E-state index contributed by atoms with van der Waals surface area (Å²) in [5, 5.41) is 9.39. The van der Waals surface area contributed by atoms with E-state index in [2.05, 4.69) is 23.2 Å². The van der Waals surface area contributed by atoms with Gasteiger partial charge in [-0.15, -0.1) is 0 Å². The highest BCUT2D eigenvalue weighted by Gasteiger charge is 2.27. The van der Waals surface area contributed by atoms with Gasteiger partial charge in [0.2, 0.25) is 0 Å². The lowest BCUT2D eigenvalue weighted by Gasteiger charge is -2.19. The van der Waals surface area contributed by atoms with Crippen molar-refractivity contribution < 1.29 is 9.50 Å². The largest absolute Gasteiger partial charge is 0.396 e. The number of aliphatic hydroxyl groups excluding tert-OH is 1. The maximum absolute atomic E-state index is 13.7. The average molecular weight is 319 g/mol. The molecule has 0 radical (unpaired) electrons. The molecule has 0 fully saturated rings. The molecule has 0 aromatic heterocycles. The van der Waals surface area contributed by atoms with Gasteiger partial charge in [0.1, 0.15) is 5.82 Å². The fourth-order valence-corrected chi connectivity index (χ4v) is 3.67. The van der Waals surface area contributed by atoms with E-state index >= 15 is 0 Å². The van der Waals surface area contributed by atoms with Gasteiger partial charge in [-0.25, -0.2) is 4.39 Å². The van der Waals surface area contributed by atoms with Gasteiger partial charge in [-0.3, -0.25) is 4.99 Å². The summed E-state index contributed by atoms with van der Waals surface area (Å²) in [4.78, 5) is 4.64. The van der Waals surface area contributed by atoms with Crippen molar-refractivity contribution in [3.63, 3.8) is 0 Å². The van der Waals surface area contributed by atoms with Crippen LogP contribution in [0.1, 0.15) is 24.5 Å². The molecule has 0 amide bonds. The first-order valence-corrected chi connectivity index (χ1v) is 8.14. The Morgan fingerprint density at radius 2 is 2.08 bits per heavy atom. The molecule has 3 aliphatic rings. The van der Waals surface area contributed by atoms with E-state index < -0.39 is 0 Å². The van der Waals surface area contributed by atoms with E-state index in [9.17, 15) is 9.50 Å². The van der Waals surface area contributed by atoms with Crippen LogP contribution < -0.4 is 0 Å². The van der Waals surface area contributed by atoms with Gasteiger partial charge >= 0.3 is 0 Å². The molecule has 24 heavy (non-hydrogen) atoms. The van der Waals surface area contributed by atoms with Crippen LogP contribution in [0.3, 0.4) is 0 Å². The smallest absolute Gasteiger partial charge is 0.123 e. The zero-order valence-electron chi connectivity index (χ0n) is 13.5. The first kappa shape index (κ1) is 15.0. The minimum atomic E-state index is -0.251. The minimum absolute atomic E-state index is 0.0516. The molecule has 1 atom stereocenters. The first-order valence-electron chi connectivity index (χ1n) is 8.14. The zero-order valence-corrected chi connectivity index (χ0v) is 13.5. The molecule has 1 unspecified atom stereocenters. The number of fused-ring (bicyclic) bond motifs is 2. The third kappa shape index (κ3) is 2.33. The molecular formula is C21H18FNO. The van der Waals surface area contributed by atoms with Gasteiger partial charge in [0.25, 0.3) is 0 Å². The Hall–Kier alpha value is -2.52. The Labute approximate surface area is 140 Å². The van der Waals surface area contributed by atoms with Crippen molar-refractivity contribution in [3.8, 4) is 0 Å². The van der Waals surface area contributed by atoms with Crippen molar-refractivity contribution in [1.29, 1.82) is 0 Å². The summed E-state index contributed by atoms with van der Waals surface area (Å²) >= 11 is 0. The molecule has 1 heterocycles. The van der Waals surface area contributed by atoms with Gasteiger partial charge in [-0.1, -0.05) is 30.4 Å². The Morgan fingerprint density at radius 3 is 2.92 bits per heavy atom. The maximum atomic E-state index is 13.7. The van der Waals surface area contributed by atoms with Gasteiger partial charge < -0.3 is 5.11 Å². The van der Waals surface area contributed by atoms with Crippen molar-refractivity contribution in [2.75, 3.05) is 6.61 Å². The molecule has 2 aliphatic carbocycles. The highest BCUT2D eigenvalue weighted by atomic mass is 19.1. The number of hydrogen-bond donors (Lipinski definition) is 1. The van der Waals surface area contributed by atoms with Gasteiger partial charge in [0.05, 0.1) is 6.04 Å². The number of hydrogen-bond acceptors (Lipinski definition) is 2. The number of halogens is 1. The number of rotatable bonds is 2. The molecule has 4 rings (SSSR count). The molecule has 1 aliphatic heterocycles. The Balaban J connectivity index is 1.91. The molecule has 3 heteroatoms. The number of aliphatic hydroxyl groups is 1. The summed E-state index contributed by atoms with van der Waals surface area (Å²) in [6, 6.07) is 4.98. The van der Waals surface area contributed by atoms with E-state index in [0.29, 0.717) is 6.42 Å². The van der Waals surface area contributed by atoms with Crippen LogP contribution in [0, 0.1) is 5.82 Å². The van der Waals surface area contributed by atoms with Crippen LogP contribution in [-0.4, -0.2) is 24.0 Å². The summed E-state index contributed by atoms with van der Waals surface area (Å²) in [6.45, 7) is 2.09. The van der Waals surface area contributed by atoms with Crippen LogP contribution in [0.2, 0.25) is 0 Å². The van der Waals surface area contributed by atoms with Gasteiger partial charge in [-0.2, -0.15) is 0 Å². The molecule has 1 N–H and O–H groups in total. The molecule has 0 bridgehead atoms. The van der Waals surface area contributed by atoms with Crippen molar-refractivity contribution >= 4 is 17.4 Å². The van der Waals surface area contributed by atoms with Crippen LogP contribution in [0.15, 0.2) is 70.3 Å². The fraction of sp³-hybridized carbons (Fsp3) is 0.190. The van der Waals surface area contributed by atoms with Crippen molar-refractivity contribution in [3.05, 3.63) is 82.2 Å². The van der Waals surface area contributed by atoms with Gasteiger partial charge in [0.15, 0.2) is 0 Å². The number of nitrogens with zero attached hydrogens (tertiary/aromatic N) is 1. The Kier molecular flexibility index (Phi) is 3.66. The summed E-state index contributed by atoms with van der Waals surface area (Å²) < 4.78 is 13.7. The van der Waals surface area contributed by atoms with E-state index in [-0.39, 0.29) is 18.5 Å². The minimum Gasteiger partial charge on any atom is -0.396 e. The molecule has 0 saturated heterocycles. The molecule has 0 spiro atoms. The molecule has 120 valence electrons. The SMILES string of the molecule is CC1=C(CCO)c2cc(F)ccc2C1=C1C=NC2C=CC=CC2=C1. The van der Waals surface area contributed by atoms with Crippen LogP contribution in [0.25, 0.3) is 11.1 Å². The fourth-order valence-electron chi connectivity index (χ4n) is 3.67. The second-order valence-corrected chi connectivity index (χ2v) is 6.21. The number of aliphatic imine (C=N–C) groups is 1. The standard InChI is InChI=1S/C21H18FNO/c1-13-17(8-9-24)19-11-16(22)6-7-18(19)21(13)15-10-14-4-2-3-5-20(14)23-12-15/h2-7,10-12,20,24H,8-9H2,1H3. The monoisotopic (exact) mass is 319 g/mol. The first-order chi connectivity index (χ1) is 11.7. The van der Waals surface area contributed by atoms with E-state index in [4.69, 9.17) is 0 Å². The second kappa shape index (κ2) is 5.84. The van der Waals surface area contributed by atoms with Gasteiger partial charge in [-0.05, 0) is 65.0 Å². The third-order valence-corrected chi connectivity index (χ3v) is 4.79.